The molecule has 1 amide bonds. The number of carbonyl (C=O) groups is 3. The van der Waals surface area contributed by atoms with Gasteiger partial charge in [-0.1, -0.05) is 12.1 Å². The highest BCUT2D eigenvalue weighted by Gasteiger charge is 2.31. The molecule has 0 unspecified atom stereocenters. The summed E-state index contributed by atoms with van der Waals surface area (Å²) < 4.78 is 45.2. The van der Waals surface area contributed by atoms with Crippen molar-refractivity contribution in [2.45, 2.75) is 26.1 Å². The molecule has 0 bridgehead atoms. The largest absolute Gasteiger partial charge is 0.496 e. The number of rotatable bonds is 8. The highest BCUT2D eigenvalue weighted by Crippen LogP contribution is 2.38. The Kier molecular flexibility index (Phi) is 7.27. The molecule has 2 aromatic rings. The molecular formula is C21H20F3NO6. The number of halogens is 3. The van der Waals surface area contributed by atoms with Crippen molar-refractivity contribution in [3.8, 4) is 16.9 Å². The number of carboxylic acid groups (broad SMARTS) is 2. The van der Waals surface area contributed by atoms with E-state index < -0.39 is 42.7 Å². The van der Waals surface area contributed by atoms with Gasteiger partial charge in [-0.3, -0.25) is 14.4 Å². The number of benzene rings is 2. The van der Waals surface area contributed by atoms with Crippen molar-refractivity contribution < 1.29 is 42.5 Å². The van der Waals surface area contributed by atoms with Crippen LogP contribution in [0.15, 0.2) is 36.4 Å². The number of hydrogen-bond donors (Lipinski definition) is 2. The molecule has 0 aliphatic rings. The molecule has 166 valence electrons. The molecule has 0 fully saturated rings. The standard InChI is InChI=1S/C21H20F3NO6/c1-12(26)25(11-20(29)30)10-14-9-15(21(22,23)24)4-5-16(14)17-7-13(8-19(27)28)3-6-18(17)31-2/h3-7,9H,8,10-11H2,1-2H3,(H,27,28)(H,29,30). The fraction of sp³-hybridized carbons (Fsp3) is 0.286. The summed E-state index contributed by atoms with van der Waals surface area (Å²) in [6.45, 7) is 0.0265. The predicted molar refractivity (Wildman–Crippen MR) is 103 cm³/mol. The molecule has 0 aliphatic carbocycles. The number of ether oxygens (including phenoxy) is 1. The molecule has 0 aliphatic heterocycles. The first-order valence-corrected chi connectivity index (χ1v) is 8.99. The van der Waals surface area contributed by atoms with Crippen LogP contribution in [0.5, 0.6) is 5.75 Å². The molecule has 0 heterocycles. The van der Waals surface area contributed by atoms with E-state index in [4.69, 9.17) is 14.9 Å². The topological polar surface area (TPSA) is 104 Å². The van der Waals surface area contributed by atoms with Gasteiger partial charge in [0.1, 0.15) is 12.3 Å². The average Bonchev–Trinajstić information content (AvgIpc) is 2.65. The maximum Gasteiger partial charge on any atom is 0.416 e. The molecule has 0 saturated carbocycles. The summed E-state index contributed by atoms with van der Waals surface area (Å²) in [6, 6.07) is 7.39. The van der Waals surface area contributed by atoms with Crippen LogP contribution in [0.3, 0.4) is 0 Å². The Morgan fingerprint density at radius 1 is 1.00 bits per heavy atom. The van der Waals surface area contributed by atoms with E-state index in [-0.39, 0.29) is 23.3 Å². The second-order valence-corrected chi connectivity index (χ2v) is 6.74. The van der Waals surface area contributed by atoms with Crippen LogP contribution in [0.2, 0.25) is 0 Å². The fourth-order valence-corrected chi connectivity index (χ4v) is 3.06. The number of hydrogen-bond acceptors (Lipinski definition) is 4. The molecule has 7 nitrogen and oxygen atoms in total. The van der Waals surface area contributed by atoms with Crippen LogP contribution >= 0.6 is 0 Å². The Morgan fingerprint density at radius 3 is 2.19 bits per heavy atom. The first-order chi connectivity index (χ1) is 14.4. The van der Waals surface area contributed by atoms with Crippen LogP contribution in [0, 0.1) is 0 Å². The van der Waals surface area contributed by atoms with Gasteiger partial charge in [-0.25, -0.2) is 0 Å². The van der Waals surface area contributed by atoms with Crippen LogP contribution in [0.25, 0.3) is 11.1 Å². The van der Waals surface area contributed by atoms with Gasteiger partial charge in [0.2, 0.25) is 5.91 Å². The average molecular weight is 439 g/mol. The minimum atomic E-state index is -4.66. The number of amides is 1. The van der Waals surface area contributed by atoms with Gasteiger partial charge in [-0.05, 0) is 41.0 Å². The van der Waals surface area contributed by atoms with Crippen molar-refractivity contribution in [1.82, 2.24) is 4.90 Å². The van der Waals surface area contributed by atoms with Gasteiger partial charge >= 0.3 is 18.1 Å². The Labute approximate surface area is 175 Å². The molecule has 0 aromatic heterocycles. The fourth-order valence-electron chi connectivity index (χ4n) is 3.06. The molecule has 10 heteroatoms. The molecule has 0 radical (unpaired) electrons. The van der Waals surface area contributed by atoms with E-state index >= 15 is 0 Å². The molecule has 2 N–H and O–H groups in total. The number of nitrogens with zero attached hydrogens (tertiary/aromatic N) is 1. The van der Waals surface area contributed by atoms with Crippen LogP contribution < -0.4 is 4.74 Å². The van der Waals surface area contributed by atoms with E-state index in [9.17, 15) is 27.6 Å². The van der Waals surface area contributed by atoms with Crippen molar-refractivity contribution in [2.24, 2.45) is 0 Å². The van der Waals surface area contributed by atoms with E-state index in [1.165, 1.54) is 31.4 Å². The zero-order chi connectivity index (χ0) is 23.3. The first kappa shape index (κ1) is 23.7. The second kappa shape index (κ2) is 9.50. The normalized spacial score (nSPS) is 11.1. The van der Waals surface area contributed by atoms with Gasteiger partial charge in [0.25, 0.3) is 0 Å². The van der Waals surface area contributed by atoms with E-state index in [0.29, 0.717) is 11.1 Å². The minimum absolute atomic E-state index is 0.0389. The van der Waals surface area contributed by atoms with E-state index in [0.717, 1.165) is 24.0 Å². The van der Waals surface area contributed by atoms with Gasteiger partial charge < -0.3 is 19.8 Å². The van der Waals surface area contributed by atoms with Crippen molar-refractivity contribution in [2.75, 3.05) is 13.7 Å². The highest BCUT2D eigenvalue weighted by molar-refractivity contribution is 5.81. The zero-order valence-corrected chi connectivity index (χ0v) is 16.7. The number of methoxy groups -OCH3 is 1. The molecule has 0 atom stereocenters. The molecule has 0 spiro atoms. The zero-order valence-electron chi connectivity index (χ0n) is 16.7. The van der Waals surface area contributed by atoms with Gasteiger partial charge in [0.15, 0.2) is 0 Å². The first-order valence-electron chi connectivity index (χ1n) is 8.99. The SMILES string of the molecule is COc1ccc(CC(=O)O)cc1-c1ccc(C(F)(F)F)cc1CN(CC(=O)O)C(C)=O. The highest BCUT2D eigenvalue weighted by atomic mass is 19.4. The Hall–Kier alpha value is -3.56. The molecular weight excluding hydrogens is 419 g/mol. The Bertz CT molecular complexity index is 1000. The van der Waals surface area contributed by atoms with E-state index in [1.54, 1.807) is 0 Å². The predicted octanol–water partition coefficient (Wildman–Crippen LogP) is 3.44. The third-order valence-electron chi connectivity index (χ3n) is 4.47. The second-order valence-electron chi connectivity index (χ2n) is 6.74. The summed E-state index contributed by atoms with van der Waals surface area (Å²) in [4.78, 5) is 34.9. The van der Waals surface area contributed by atoms with Crippen LogP contribution in [0.4, 0.5) is 13.2 Å². The smallest absolute Gasteiger partial charge is 0.416 e. The summed E-state index contributed by atoms with van der Waals surface area (Å²) in [6.07, 6.45) is -4.97. The quantitative estimate of drug-likeness (QED) is 0.653. The number of carbonyl (C=O) groups excluding carboxylic acids is 1. The lowest BCUT2D eigenvalue weighted by Crippen LogP contribution is -2.33. The Balaban J connectivity index is 2.68. The number of carboxylic acids is 2. The minimum Gasteiger partial charge on any atom is -0.496 e. The van der Waals surface area contributed by atoms with Crippen molar-refractivity contribution in [1.29, 1.82) is 0 Å². The van der Waals surface area contributed by atoms with E-state index in [2.05, 4.69) is 0 Å². The summed E-state index contributed by atoms with van der Waals surface area (Å²) in [5.74, 6) is -2.75. The van der Waals surface area contributed by atoms with Crippen molar-refractivity contribution >= 4 is 17.8 Å². The van der Waals surface area contributed by atoms with Gasteiger partial charge in [-0.15, -0.1) is 0 Å². The molecule has 2 rings (SSSR count). The Morgan fingerprint density at radius 2 is 1.68 bits per heavy atom. The maximum absolute atomic E-state index is 13.3. The monoisotopic (exact) mass is 439 g/mol. The van der Waals surface area contributed by atoms with Crippen LogP contribution in [-0.4, -0.2) is 46.6 Å². The lowest BCUT2D eigenvalue weighted by molar-refractivity contribution is -0.144. The summed E-state index contributed by atoms with van der Waals surface area (Å²) in [7, 11) is 1.35. The lowest BCUT2D eigenvalue weighted by Gasteiger charge is -2.23. The van der Waals surface area contributed by atoms with Gasteiger partial charge in [-0.2, -0.15) is 13.2 Å². The van der Waals surface area contributed by atoms with Crippen LogP contribution in [-0.2, 0) is 33.5 Å². The summed E-state index contributed by atoms with van der Waals surface area (Å²) >= 11 is 0. The molecule has 0 saturated heterocycles. The number of aliphatic carboxylic acids is 2. The lowest BCUT2D eigenvalue weighted by atomic mass is 9.94. The third-order valence-corrected chi connectivity index (χ3v) is 4.47. The third kappa shape index (κ3) is 6.21. The molecule has 31 heavy (non-hydrogen) atoms. The maximum atomic E-state index is 13.3. The van der Waals surface area contributed by atoms with Gasteiger partial charge in [0.05, 0.1) is 19.1 Å². The summed E-state index contributed by atoms with van der Waals surface area (Å²) in [5, 5.41) is 18.1. The molecule has 2 aromatic carbocycles. The van der Waals surface area contributed by atoms with Crippen LogP contribution in [0.1, 0.15) is 23.6 Å². The van der Waals surface area contributed by atoms with Crippen molar-refractivity contribution in [3.63, 3.8) is 0 Å². The van der Waals surface area contributed by atoms with E-state index in [1.807, 2.05) is 0 Å². The van der Waals surface area contributed by atoms with Gasteiger partial charge in [0, 0.05) is 19.0 Å². The number of alkyl halides is 3. The van der Waals surface area contributed by atoms with Crippen molar-refractivity contribution in [3.05, 3.63) is 53.1 Å². The summed E-state index contributed by atoms with van der Waals surface area (Å²) in [5.41, 5.74) is 0.0448.